The van der Waals surface area contributed by atoms with Crippen LogP contribution in [0.15, 0.2) is 29.4 Å². The van der Waals surface area contributed by atoms with Crippen molar-refractivity contribution in [2.24, 2.45) is 0 Å². The van der Waals surface area contributed by atoms with E-state index in [1.54, 1.807) is 12.5 Å². The number of anilines is 1. The van der Waals surface area contributed by atoms with Crippen LogP contribution in [0.25, 0.3) is 0 Å². The van der Waals surface area contributed by atoms with Gasteiger partial charge in [-0.2, -0.15) is 0 Å². The van der Waals surface area contributed by atoms with Gasteiger partial charge in [-0.25, -0.2) is 15.0 Å². The number of imidazole rings is 1. The van der Waals surface area contributed by atoms with Gasteiger partial charge in [0.25, 0.3) is 0 Å². The predicted octanol–water partition coefficient (Wildman–Crippen LogP) is 2.79. The standard InChI is InChI=1S/C14H18BrN5O/c1-2-20-6-5-17-14(20)12-11(4-3-7-21-12)19-13-10(15)8-16-9-18-13/h5-6,8-9,11-12H,2-4,7H2,1H3,(H,16,18,19)/t11-,12-/m0/s1. The minimum absolute atomic E-state index is 0.0597. The average Bonchev–Trinajstić information content (AvgIpc) is 2.98. The van der Waals surface area contributed by atoms with Gasteiger partial charge in [-0.05, 0) is 35.7 Å². The van der Waals surface area contributed by atoms with E-state index in [2.05, 4.69) is 47.7 Å². The molecule has 0 saturated carbocycles. The summed E-state index contributed by atoms with van der Waals surface area (Å²) in [7, 11) is 0. The highest BCUT2D eigenvalue weighted by Gasteiger charge is 2.31. The van der Waals surface area contributed by atoms with Crippen LogP contribution in [0.1, 0.15) is 31.7 Å². The second-order valence-corrected chi connectivity index (χ2v) is 5.83. The van der Waals surface area contributed by atoms with Gasteiger partial charge < -0.3 is 14.6 Å². The molecule has 6 nitrogen and oxygen atoms in total. The van der Waals surface area contributed by atoms with Gasteiger partial charge in [-0.15, -0.1) is 0 Å². The molecule has 0 amide bonds. The number of ether oxygens (including phenoxy) is 1. The monoisotopic (exact) mass is 351 g/mol. The lowest BCUT2D eigenvalue weighted by molar-refractivity contribution is -0.00180. The van der Waals surface area contributed by atoms with Crippen molar-refractivity contribution < 1.29 is 4.74 Å². The Morgan fingerprint density at radius 3 is 3.19 bits per heavy atom. The molecule has 2 aromatic rings. The van der Waals surface area contributed by atoms with Crippen LogP contribution < -0.4 is 5.32 Å². The number of hydrogen-bond donors (Lipinski definition) is 1. The molecule has 7 heteroatoms. The van der Waals surface area contributed by atoms with Crippen molar-refractivity contribution >= 4 is 21.7 Å². The molecule has 0 unspecified atom stereocenters. The number of aryl methyl sites for hydroxylation is 1. The summed E-state index contributed by atoms with van der Waals surface area (Å²) in [6.07, 6.45) is 9.09. The molecule has 1 fully saturated rings. The summed E-state index contributed by atoms with van der Waals surface area (Å²) in [5, 5.41) is 3.46. The van der Waals surface area contributed by atoms with E-state index in [0.29, 0.717) is 0 Å². The summed E-state index contributed by atoms with van der Waals surface area (Å²) in [5.74, 6) is 1.76. The van der Waals surface area contributed by atoms with E-state index in [4.69, 9.17) is 4.74 Å². The lowest BCUT2D eigenvalue weighted by atomic mass is 10.0. The van der Waals surface area contributed by atoms with Crippen molar-refractivity contribution in [3.63, 3.8) is 0 Å². The Morgan fingerprint density at radius 1 is 1.48 bits per heavy atom. The first-order valence-electron chi connectivity index (χ1n) is 7.14. The van der Waals surface area contributed by atoms with Crippen LogP contribution >= 0.6 is 15.9 Å². The van der Waals surface area contributed by atoms with Crippen molar-refractivity contribution in [3.8, 4) is 0 Å². The zero-order valence-corrected chi connectivity index (χ0v) is 13.5. The summed E-state index contributed by atoms with van der Waals surface area (Å²) in [5.41, 5.74) is 0. The topological polar surface area (TPSA) is 64.9 Å². The van der Waals surface area contributed by atoms with Gasteiger partial charge in [0.15, 0.2) is 0 Å². The molecule has 0 bridgehead atoms. The third-order valence-corrected chi connectivity index (χ3v) is 4.24. The Hall–Kier alpha value is -1.47. The maximum atomic E-state index is 5.98. The van der Waals surface area contributed by atoms with Gasteiger partial charge in [0.05, 0.1) is 10.5 Å². The second-order valence-electron chi connectivity index (χ2n) is 4.98. The van der Waals surface area contributed by atoms with E-state index >= 15 is 0 Å². The van der Waals surface area contributed by atoms with Crippen LogP contribution in [0.4, 0.5) is 5.82 Å². The zero-order chi connectivity index (χ0) is 14.7. The SMILES string of the molecule is CCn1ccnc1[C@H]1OCCC[C@@H]1Nc1ncncc1Br. The van der Waals surface area contributed by atoms with Crippen molar-refractivity contribution in [3.05, 3.63) is 35.2 Å². The highest BCUT2D eigenvalue weighted by atomic mass is 79.9. The normalized spacial score (nSPS) is 22.2. The van der Waals surface area contributed by atoms with Gasteiger partial charge in [0.1, 0.15) is 24.1 Å². The lowest BCUT2D eigenvalue weighted by Gasteiger charge is -2.32. The highest BCUT2D eigenvalue weighted by Crippen LogP contribution is 2.31. The molecule has 3 heterocycles. The van der Waals surface area contributed by atoms with Gasteiger partial charge >= 0.3 is 0 Å². The Kier molecular flexibility index (Phi) is 4.50. The summed E-state index contributed by atoms with van der Waals surface area (Å²) in [6.45, 7) is 3.76. The summed E-state index contributed by atoms with van der Waals surface area (Å²) in [6, 6.07) is 0.151. The van der Waals surface area contributed by atoms with Crippen LogP contribution in [-0.2, 0) is 11.3 Å². The first kappa shape index (κ1) is 14.5. The second kappa shape index (κ2) is 6.53. The molecular weight excluding hydrogens is 334 g/mol. The smallest absolute Gasteiger partial charge is 0.144 e. The third kappa shape index (κ3) is 3.08. The maximum Gasteiger partial charge on any atom is 0.144 e. The molecule has 21 heavy (non-hydrogen) atoms. The molecule has 2 atom stereocenters. The van der Waals surface area contributed by atoms with Gasteiger partial charge in [0.2, 0.25) is 0 Å². The Bertz CT molecular complexity index is 603. The molecule has 0 spiro atoms. The summed E-state index contributed by atoms with van der Waals surface area (Å²) < 4.78 is 8.96. The van der Waals surface area contributed by atoms with Crippen molar-refractivity contribution in [2.75, 3.05) is 11.9 Å². The van der Waals surface area contributed by atoms with E-state index in [0.717, 1.165) is 42.1 Å². The Morgan fingerprint density at radius 2 is 2.38 bits per heavy atom. The molecule has 1 N–H and O–H groups in total. The van der Waals surface area contributed by atoms with E-state index in [9.17, 15) is 0 Å². The molecule has 112 valence electrons. The van der Waals surface area contributed by atoms with Crippen LogP contribution in [0.5, 0.6) is 0 Å². The minimum Gasteiger partial charge on any atom is -0.368 e. The largest absolute Gasteiger partial charge is 0.368 e. The van der Waals surface area contributed by atoms with Crippen LogP contribution in [0.2, 0.25) is 0 Å². The van der Waals surface area contributed by atoms with Crippen molar-refractivity contribution in [2.45, 2.75) is 38.5 Å². The highest BCUT2D eigenvalue weighted by molar-refractivity contribution is 9.10. The average molecular weight is 352 g/mol. The molecule has 1 aliphatic rings. The Balaban J connectivity index is 1.83. The van der Waals surface area contributed by atoms with Crippen molar-refractivity contribution in [1.82, 2.24) is 19.5 Å². The summed E-state index contributed by atoms with van der Waals surface area (Å²) in [4.78, 5) is 12.7. The van der Waals surface area contributed by atoms with E-state index in [1.165, 1.54) is 0 Å². The predicted molar refractivity (Wildman–Crippen MR) is 83.0 cm³/mol. The third-order valence-electron chi connectivity index (χ3n) is 3.65. The van der Waals surface area contributed by atoms with Gasteiger partial charge in [0, 0.05) is 31.7 Å². The number of nitrogens with one attached hydrogen (secondary N) is 1. The van der Waals surface area contributed by atoms with Crippen LogP contribution in [0, 0.1) is 0 Å². The van der Waals surface area contributed by atoms with Crippen molar-refractivity contribution in [1.29, 1.82) is 0 Å². The number of halogens is 1. The number of rotatable bonds is 4. The first-order valence-corrected chi connectivity index (χ1v) is 7.93. The fourth-order valence-corrected chi connectivity index (χ4v) is 2.96. The van der Waals surface area contributed by atoms with Gasteiger partial charge in [-0.3, -0.25) is 0 Å². The van der Waals surface area contributed by atoms with E-state index in [-0.39, 0.29) is 12.1 Å². The molecule has 0 aliphatic carbocycles. The Labute approximate surface area is 132 Å². The number of hydrogen-bond acceptors (Lipinski definition) is 5. The van der Waals surface area contributed by atoms with E-state index in [1.807, 2.05) is 12.4 Å². The minimum atomic E-state index is -0.0597. The van der Waals surface area contributed by atoms with Crippen LogP contribution in [-0.4, -0.2) is 32.2 Å². The number of nitrogens with zero attached hydrogens (tertiary/aromatic N) is 4. The maximum absolute atomic E-state index is 5.98. The lowest BCUT2D eigenvalue weighted by Crippen LogP contribution is -2.35. The fraction of sp³-hybridized carbons (Fsp3) is 0.500. The zero-order valence-electron chi connectivity index (χ0n) is 11.9. The fourth-order valence-electron chi connectivity index (χ4n) is 2.62. The molecule has 2 aromatic heterocycles. The molecule has 1 saturated heterocycles. The van der Waals surface area contributed by atoms with E-state index < -0.39 is 0 Å². The first-order chi connectivity index (χ1) is 10.3. The molecule has 0 radical (unpaired) electrons. The molecule has 0 aromatic carbocycles. The molecule has 1 aliphatic heterocycles. The summed E-state index contributed by atoms with van der Waals surface area (Å²) >= 11 is 3.47. The quantitative estimate of drug-likeness (QED) is 0.917. The van der Waals surface area contributed by atoms with Gasteiger partial charge in [-0.1, -0.05) is 0 Å². The number of aromatic nitrogens is 4. The molecule has 3 rings (SSSR count). The van der Waals surface area contributed by atoms with Crippen LogP contribution in [0.3, 0.4) is 0 Å². The molecular formula is C14H18BrN5O.